The second-order valence-corrected chi connectivity index (χ2v) is 11.4. The lowest BCUT2D eigenvalue weighted by Gasteiger charge is -2.38. The Bertz CT molecular complexity index is 1320. The molecular weight excluding hydrogens is 524 g/mol. The predicted octanol–water partition coefficient (Wildman–Crippen LogP) is 2.66. The van der Waals surface area contributed by atoms with Gasteiger partial charge in [0.2, 0.25) is 15.9 Å². The van der Waals surface area contributed by atoms with Gasteiger partial charge in [-0.25, -0.2) is 18.9 Å². The Morgan fingerprint density at radius 3 is 2.08 bits per heavy atom. The van der Waals surface area contributed by atoms with Gasteiger partial charge in [-0.15, -0.1) is 0 Å². The lowest BCUT2D eigenvalue weighted by molar-refractivity contribution is -0.157. The van der Waals surface area contributed by atoms with Crippen LogP contribution in [0.2, 0.25) is 0 Å². The zero-order valence-corrected chi connectivity index (χ0v) is 22.8. The molecule has 0 saturated heterocycles. The Kier molecular flexibility index (Phi) is 9.73. The highest BCUT2D eigenvalue weighted by atomic mass is 32.2. The summed E-state index contributed by atoms with van der Waals surface area (Å²) >= 11 is 0. The molecule has 39 heavy (non-hydrogen) atoms. The van der Waals surface area contributed by atoms with Gasteiger partial charge in [-0.3, -0.25) is 29.3 Å². The molecule has 12 heteroatoms. The molecule has 11 nitrogen and oxygen atoms in total. The van der Waals surface area contributed by atoms with Crippen LogP contribution in [0.1, 0.15) is 59.4 Å². The van der Waals surface area contributed by atoms with Crippen LogP contribution in [0.15, 0.2) is 60.7 Å². The Morgan fingerprint density at radius 1 is 1.00 bits per heavy atom. The van der Waals surface area contributed by atoms with Crippen molar-refractivity contribution < 1.29 is 32.8 Å². The van der Waals surface area contributed by atoms with Gasteiger partial charge in [-0.05, 0) is 36.5 Å². The third kappa shape index (κ3) is 7.16. The molecule has 2 aromatic rings. The number of benzene rings is 2. The number of nitrogens with zero attached hydrogens (tertiary/aromatic N) is 3. The number of hydrogen-bond donors (Lipinski definition) is 2. The number of carbonyl (C=O) groups is 4. The minimum atomic E-state index is -4.33. The summed E-state index contributed by atoms with van der Waals surface area (Å²) in [7, 11) is -4.33. The van der Waals surface area contributed by atoms with Gasteiger partial charge in [0.1, 0.15) is 12.7 Å². The maximum atomic E-state index is 13.5. The molecule has 3 rings (SSSR count). The zero-order valence-electron chi connectivity index (χ0n) is 22.0. The standard InChI is InChI=1S/C27H32N4O7S/c1-19(2)16-17-24(32)31(23(25(33)28-36)15-9-12-20-10-5-4-6-11-20)30(39(3,37)38)18-29-26(34)21-13-7-8-14-22(21)27(29)35/h4-14,19,23,36H,15-18H2,1-3H3,(H,28,33)/t23-/m0/s1. The molecule has 2 aromatic carbocycles. The number of sulfonamides is 1. The third-order valence-corrected chi connectivity index (χ3v) is 7.19. The van der Waals surface area contributed by atoms with Crippen LogP contribution < -0.4 is 5.48 Å². The van der Waals surface area contributed by atoms with Crippen LogP contribution in [0.4, 0.5) is 0 Å². The molecule has 0 bridgehead atoms. The topological polar surface area (TPSA) is 144 Å². The monoisotopic (exact) mass is 556 g/mol. The molecule has 0 unspecified atom stereocenters. The normalized spacial score (nSPS) is 14.3. The SMILES string of the molecule is CC(C)CCC(=O)N([C@@H](CC=Cc1ccccc1)C(=O)NO)N(CN1C(=O)c2ccccc2C1=O)S(C)(=O)=O. The molecule has 1 aliphatic rings. The van der Waals surface area contributed by atoms with E-state index in [4.69, 9.17) is 0 Å². The predicted molar refractivity (Wildman–Crippen MR) is 143 cm³/mol. The van der Waals surface area contributed by atoms with E-state index in [1.807, 2.05) is 44.2 Å². The van der Waals surface area contributed by atoms with Crippen LogP contribution in [-0.4, -0.2) is 70.5 Å². The fourth-order valence-corrected chi connectivity index (χ4v) is 4.94. The molecule has 1 aliphatic heterocycles. The second kappa shape index (κ2) is 12.8. The summed E-state index contributed by atoms with van der Waals surface area (Å²) in [6.45, 7) is 2.92. The molecule has 1 heterocycles. The molecule has 1 atom stereocenters. The molecule has 0 spiro atoms. The van der Waals surface area contributed by atoms with Crippen molar-refractivity contribution in [2.45, 2.75) is 39.2 Å². The van der Waals surface area contributed by atoms with Crippen molar-refractivity contribution >= 4 is 39.7 Å². The van der Waals surface area contributed by atoms with Crippen molar-refractivity contribution in [1.82, 2.24) is 19.8 Å². The van der Waals surface area contributed by atoms with E-state index in [1.54, 1.807) is 24.3 Å². The molecule has 0 aromatic heterocycles. The number of amides is 4. The first-order chi connectivity index (χ1) is 18.5. The summed E-state index contributed by atoms with van der Waals surface area (Å²) in [5.74, 6) is -3.15. The first kappa shape index (κ1) is 29.7. The highest BCUT2D eigenvalue weighted by molar-refractivity contribution is 7.88. The van der Waals surface area contributed by atoms with E-state index in [0.717, 1.165) is 16.8 Å². The number of hydrazine groups is 1. The third-order valence-electron chi connectivity index (χ3n) is 6.13. The molecule has 2 N–H and O–H groups in total. The van der Waals surface area contributed by atoms with Gasteiger partial charge in [0.25, 0.3) is 17.7 Å². The van der Waals surface area contributed by atoms with Gasteiger partial charge in [0.15, 0.2) is 0 Å². The minimum Gasteiger partial charge on any atom is -0.289 e. The average Bonchev–Trinajstić information content (AvgIpc) is 3.14. The molecule has 0 saturated carbocycles. The summed E-state index contributed by atoms with van der Waals surface area (Å²) in [5.41, 5.74) is 2.51. The summed E-state index contributed by atoms with van der Waals surface area (Å²) in [5, 5.41) is 10.2. The van der Waals surface area contributed by atoms with Gasteiger partial charge in [0, 0.05) is 6.42 Å². The number of hydrogen-bond acceptors (Lipinski definition) is 7. The number of hydroxylamine groups is 1. The molecule has 0 aliphatic carbocycles. The van der Waals surface area contributed by atoms with E-state index in [2.05, 4.69) is 0 Å². The fourth-order valence-electron chi connectivity index (χ4n) is 4.09. The largest absolute Gasteiger partial charge is 0.289 e. The summed E-state index contributed by atoms with van der Waals surface area (Å²) in [6, 6.07) is 13.6. The molecule has 4 amide bonds. The van der Waals surface area contributed by atoms with Gasteiger partial charge >= 0.3 is 0 Å². The van der Waals surface area contributed by atoms with Crippen LogP contribution in [-0.2, 0) is 19.6 Å². The van der Waals surface area contributed by atoms with E-state index >= 15 is 0 Å². The Labute approximate surface area is 227 Å². The Morgan fingerprint density at radius 2 is 1.56 bits per heavy atom. The van der Waals surface area contributed by atoms with E-state index in [9.17, 15) is 32.8 Å². The van der Waals surface area contributed by atoms with Crippen molar-refractivity contribution in [2.24, 2.45) is 5.92 Å². The number of rotatable bonds is 12. The van der Waals surface area contributed by atoms with Crippen LogP contribution >= 0.6 is 0 Å². The first-order valence-electron chi connectivity index (χ1n) is 12.4. The van der Waals surface area contributed by atoms with E-state index in [1.165, 1.54) is 17.6 Å². The average molecular weight is 557 g/mol. The number of nitrogens with one attached hydrogen (secondary N) is 1. The van der Waals surface area contributed by atoms with Gasteiger partial charge in [-0.1, -0.05) is 72.9 Å². The van der Waals surface area contributed by atoms with Crippen molar-refractivity contribution in [2.75, 3.05) is 12.9 Å². The lowest BCUT2D eigenvalue weighted by Crippen LogP contribution is -2.61. The molecule has 0 radical (unpaired) electrons. The summed E-state index contributed by atoms with van der Waals surface area (Å²) in [6.07, 6.45) is 4.14. The zero-order chi connectivity index (χ0) is 28.7. The van der Waals surface area contributed by atoms with Gasteiger partial charge in [-0.2, -0.15) is 0 Å². The summed E-state index contributed by atoms with van der Waals surface area (Å²) < 4.78 is 26.7. The van der Waals surface area contributed by atoms with Gasteiger partial charge < -0.3 is 0 Å². The number of fused-ring (bicyclic) bond motifs is 1. The molecular formula is C27H32N4O7S. The van der Waals surface area contributed by atoms with Crippen LogP contribution in [0, 0.1) is 5.92 Å². The van der Waals surface area contributed by atoms with Crippen molar-refractivity contribution in [3.63, 3.8) is 0 Å². The quantitative estimate of drug-likeness (QED) is 0.232. The Balaban J connectivity index is 2.03. The highest BCUT2D eigenvalue weighted by Crippen LogP contribution is 2.25. The maximum absolute atomic E-state index is 13.5. The molecule has 208 valence electrons. The van der Waals surface area contributed by atoms with E-state index in [-0.39, 0.29) is 29.9 Å². The minimum absolute atomic E-state index is 0.0850. The smallest absolute Gasteiger partial charge is 0.268 e. The van der Waals surface area contributed by atoms with Crippen molar-refractivity contribution in [3.8, 4) is 0 Å². The molecule has 0 fully saturated rings. The van der Waals surface area contributed by atoms with Gasteiger partial charge in [0.05, 0.1) is 17.4 Å². The lowest BCUT2D eigenvalue weighted by atomic mass is 10.1. The van der Waals surface area contributed by atoms with Crippen molar-refractivity contribution in [1.29, 1.82) is 0 Å². The van der Waals surface area contributed by atoms with Crippen LogP contribution in [0.3, 0.4) is 0 Å². The first-order valence-corrected chi connectivity index (χ1v) is 14.2. The highest BCUT2D eigenvalue weighted by Gasteiger charge is 2.43. The van der Waals surface area contributed by atoms with Crippen molar-refractivity contribution in [3.05, 3.63) is 77.4 Å². The van der Waals surface area contributed by atoms with Crippen LogP contribution in [0.25, 0.3) is 6.08 Å². The second-order valence-electron chi connectivity index (χ2n) is 9.52. The van der Waals surface area contributed by atoms with Crippen LogP contribution in [0.5, 0.6) is 0 Å². The number of carbonyl (C=O) groups excluding carboxylic acids is 4. The van der Waals surface area contributed by atoms with E-state index in [0.29, 0.717) is 15.7 Å². The number of imide groups is 1. The Hall–Kier alpha value is -3.87. The summed E-state index contributed by atoms with van der Waals surface area (Å²) in [4.78, 5) is 53.1. The van der Waals surface area contributed by atoms with E-state index < -0.39 is 46.4 Å². The maximum Gasteiger partial charge on any atom is 0.268 e. The fraction of sp³-hybridized carbons (Fsp3) is 0.333.